The molecule has 0 spiro atoms. The van der Waals surface area contributed by atoms with Gasteiger partial charge in [0.1, 0.15) is 0 Å². The number of hydrogen-bond acceptors (Lipinski definition) is 1. The quantitative estimate of drug-likeness (QED) is 0.533. The van der Waals surface area contributed by atoms with E-state index in [1.165, 1.54) is 31.9 Å². The van der Waals surface area contributed by atoms with E-state index in [1.54, 1.807) is 0 Å². The lowest BCUT2D eigenvalue weighted by Crippen LogP contribution is -1.82. The van der Waals surface area contributed by atoms with Crippen molar-refractivity contribution in [1.29, 1.82) is 0 Å². The van der Waals surface area contributed by atoms with Gasteiger partial charge in [0.15, 0.2) is 0 Å². The Bertz CT molecular complexity index is 136. The van der Waals surface area contributed by atoms with E-state index in [-0.39, 0.29) is 0 Å². The van der Waals surface area contributed by atoms with Gasteiger partial charge in [0.2, 0.25) is 0 Å². The maximum Gasteiger partial charge on any atom is 0.0991 e. The first-order valence-corrected chi connectivity index (χ1v) is 3.90. The lowest BCUT2D eigenvalue weighted by Gasteiger charge is -2.01. The molecule has 10 heavy (non-hydrogen) atoms. The van der Waals surface area contributed by atoms with Crippen LogP contribution < -0.4 is 0 Å². The summed E-state index contributed by atoms with van der Waals surface area (Å²) in [6.07, 6.45) is 9.85. The Labute approximate surface area is 62.4 Å². The van der Waals surface area contributed by atoms with Crippen molar-refractivity contribution in [2.45, 2.75) is 32.1 Å². The van der Waals surface area contributed by atoms with Crippen LogP contribution in [0.15, 0.2) is 24.7 Å². The molecule has 0 amide bonds. The normalized spacial score (nSPS) is 19.0. The SMILES string of the molecule is C=COC1=CCCCCC1. The first kappa shape index (κ1) is 7.39. The topological polar surface area (TPSA) is 9.23 Å². The molecule has 0 saturated carbocycles. The fraction of sp³-hybridized carbons (Fsp3) is 0.556. The van der Waals surface area contributed by atoms with Crippen LogP contribution in [0, 0.1) is 0 Å². The van der Waals surface area contributed by atoms with Crippen LogP contribution in [0.2, 0.25) is 0 Å². The second-order valence-electron chi connectivity index (χ2n) is 2.55. The molecule has 1 nitrogen and oxygen atoms in total. The number of allylic oxidation sites excluding steroid dienone is 2. The average Bonchev–Trinajstić information content (AvgIpc) is 2.17. The fourth-order valence-corrected chi connectivity index (χ4v) is 1.20. The van der Waals surface area contributed by atoms with Crippen molar-refractivity contribution in [3.05, 3.63) is 24.7 Å². The molecule has 0 aromatic carbocycles. The van der Waals surface area contributed by atoms with Gasteiger partial charge in [0.05, 0.1) is 12.0 Å². The van der Waals surface area contributed by atoms with Crippen LogP contribution in [0.4, 0.5) is 0 Å². The summed E-state index contributed by atoms with van der Waals surface area (Å²) in [4.78, 5) is 0. The van der Waals surface area contributed by atoms with Gasteiger partial charge in [0.25, 0.3) is 0 Å². The zero-order chi connectivity index (χ0) is 7.23. The van der Waals surface area contributed by atoms with E-state index >= 15 is 0 Å². The van der Waals surface area contributed by atoms with Crippen molar-refractivity contribution in [2.75, 3.05) is 0 Å². The maximum absolute atomic E-state index is 5.19. The van der Waals surface area contributed by atoms with Gasteiger partial charge in [-0.05, 0) is 25.3 Å². The van der Waals surface area contributed by atoms with E-state index in [1.807, 2.05) is 0 Å². The predicted molar refractivity (Wildman–Crippen MR) is 42.5 cm³/mol. The highest BCUT2D eigenvalue weighted by molar-refractivity contribution is 4.96. The summed E-state index contributed by atoms with van der Waals surface area (Å²) in [5.74, 6) is 1.10. The van der Waals surface area contributed by atoms with Gasteiger partial charge in [-0.25, -0.2) is 0 Å². The zero-order valence-corrected chi connectivity index (χ0v) is 6.31. The number of hydrogen-bond donors (Lipinski definition) is 0. The summed E-state index contributed by atoms with van der Waals surface area (Å²) in [6, 6.07) is 0. The van der Waals surface area contributed by atoms with E-state index in [2.05, 4.69) is 12.7 Å². The molecule has 0 heterocycles. The third-order valence-electron chi connectivity index (χ3n) is 1.73. The Morgan fingerprint density at radius 1 is 1.40 bits per heavy atom. The second-order valence-corrected chi connectivity index (χ2v) is 2.55. The molecular formula is C9H14O. The van der Waals surface area contributed by atoms with E-state index in [9.17, 15) is 0 Å². The van der Waals surface area contributed by atoms with Crippen molar-refractivity contribution in [3.63, 3.8) is 0 Å². The summed E-state index contributed by atoms with van der Waals surface area (Å²) >= 11 is 0. The van der Waals surface area contributed by atoms with Crippen LogP contribution in [0.25, 0.3) is 0 Å². The molecule has 1 aliphatic carbocycles. The molecule has 0 saturated heterocycles. The minimum Gasteiger partial charge on any atom is -0.470 e. The van der Waals surface area contributed by atoms with Gasteiger partial charge < -0.3 is 4.74 Å². The Kier molecular flexibility index (Phi) is 3.07. The molecule has 0 atom stereocenters. The summed E-state index contributed by atoms with van der Waals surface area (Å²) < 4.78 is 5.19. The summed E-state index contributed by atoms with van der Waals surface area (Å²) in [7, 11) is 0. The summed E-state index contributed by atoms with van der Waals surface area (Å²) in [5.41, 5.74) is 0. The van der Waals surface area contributed by atoms with Crippen LogP contribution in [0.5, 0.6) is 0 Å². The molecule has 56 valence electrons. The maximum atomic E-state index is 5.19. The van der Waals surface area contributed by atoms with E-state index in [4.69, 9.17) is 4.74 Å². The Morgan fingerprint density at radius 3 is 3.10 bits per heavy atom. The molecule has 1 aliphatic rings. The molecule has 0 aromatic heterocycles. The van der Waals surface area contributed by atoms with Crippen molar-refractivity contribution in [1.82, 2.24) is 0 Å². The molecule has 0 aromatic rings. The predicted octanol–water partition coefficient (Wildman–Crippen LogP) is 2.99. The minimum atomic E-state index is 1.09. The highest BCUT2D eigenvalue weighted by Crippen LogP contribution is 2.17. The molecule has 0 aliphatic heterocycles. The summed E-state index contributed by atoms with van der Waals surface area (Å²) in [5, 5.41) is 0. The highest BCUT2D eigenvalue weighted by Gasteiger charge is 2.00. The van der Waals surface area contributed by atoms with Crippen molar-refractivity contribution in [2.24, 2.45) is 0 Å². The Balaban J connectivity index is 2.38. The zero-order valence-electron chi connectivity index (χ0n) is 6.31. The molecule has 1 heteroatoms. The molecule has 0 fully saturated rings. The van der Waals surface area contributed by atoms with Gasteiger partial charge >= 0.3 is 0 Å². The van der Waals surface area contributed by atoms with Gasteiger partial charge in [-0.15, -0.1) is 0 Å². The first-order valence-electron chi connectivity index (χ1n) is 3.90. The first-order chi connectivity index (χ1) is 4.93. The van der Waals surface area contributed by atoms with Crippen molar-refractivity contribution >= 4 is 0 Å². The molecule has 1 rings (SSSR count). The molecule has 0 N–H and O–H groups in total. The van der Waals surface area contributed by atoms with Crippen LogP contribution in [-0.4, -0.2) is 0 Å². The lowest BCUT2D eigenvalue weighted by molar-refractivity contribution is 0.332. The van der Waals surface area contributed by atoms with Crippen LogP contribution in [-0.2, 0) is 4.74 Å². The van der Waals surface area contributed by atoms with Crippen molar-refractivity contribution < 1.29 is 4.74 Å². The van der Waals surface area contributed by atoms with Crippen LogP contribution >= 0.6 is 0 Å². The van der Waals surface area contributed by atoms with Crippen molar-refractivity contribution in [3.8, 4) is 0 Å². The van der Waals surface area contributed by atoms with Gasteiger partial charge in [0, 0.05) is 6.42 Å². The standard InChI is InChI=1S/C9H14O/c1-2-10-9-7-5-3-4-6-8-9/h2,7H,1,3-6,8H2. The average molecular weight is 138 g/mol. The van der Waals surface area contributed by atoms with Gasteiger partial charge in [-0.3, -0.25) is 0 Å². The third kappa shape index (κ3) is 2.26. The summed E-state index contributed by atoms with van der Waals surface area (Å²) in [6.45, 7) is 3.52. The highest BCUT2D eigenvalue weighted by atomic mass is 16.5. The largest absolute Gasteiger partial charge is 0.470 e. The Morgan fingerprint density at radius 2 is 2.30 bits per heavy atom. The van der Waals surface area contributed by atoms with Crippen LogP contribution in [0.1, 0.15) is 32.1 Å². The van der Waals surface area contributed by atoms with E-state index in [0.717, 1.165) is 12.2 Å². The van der Waals surface area contributed by atoms with E-state index in [0.29, 0.717) is 0 Å². The van der Waals surface area contributed by atoms with E-state index < -0.39 is 0 Å². The Hall–Kier alpha value is -0.720. The molecule has 0 unspecified atom stereocenters. The van der Waals surface area contributed by atoms with Gasteiger partial charge in [-0.1, -0.05) is 13.0 Å². The monoisotopic (exact) mass is 138 g/mol. The molecule has 0 radical (unpaired) electrons. The minimum absolute atomic E-state index is 1.09. The number of ether oxygens (including phenoxy) is 1. The number of rotatable bonds is 2. The van der Waals surface area contributed by atoms with Gasteiger partial charge in [-0.2, -0.15) is 0 Å². The molecular weight excluding hydrogens is 124 g/mol. The fourth-order valence-electron chi connectivity index (χ4n) is 1.20. The smallest absolute Gasteiger partial charge is 0.0991 e. The lowest BCUT2D eigenvalue weighted by atomic mass is 10.2. The second kappa shape index (κ2) is 4.15. The molecule has 0 bridgehead atoms. The third-order valence-corrected chi connectivity index (χ3v) is 1.73. The van der Waals surface area contributed by atoms with Crippen LogP contribution in [0.3, 0.4) is 0 Å².